The topological polar surface area (TPSA) is 228 Å². The first-order chi connectivity index (χ1) is 14.1. The van der Waals surface area contributed by atoms with E-state index in [1.807, 2.05) is 0 Å². The van der Waals surface area contributed by atoms with Crippen molar-refractivity contribution in [2.45, 2.75) is 79.9 Å². The van der Waals surface area contributed by atoms with E-state index in [1.54, 1.807) is 0 Å². The average molecular weight is 444 g/mol. The molecule has 3 heterocycles. The van der Waals surface area contributed by atoms with E-state index in [1.165, 1.54) is 0 Å². The summed E-state index contributed by atoms with van der Waals surface area (Å²) >= 11 is 0. The lowest BCUT2D eigenvalue weighted by Gasteiger charge is -2.43. The number of hydrogen-bond acceptors (Lipinski definition) is 14. The van der Waals surface area contributed by atoms with Gasteiger partial charge < -0.3 is 69.6 Å². The van der Waals surface area contributed by atoms with Gasteiger partial charge in [-0.15, -0.1) is 0 Å². The summed E-state index contributed by atoms with van der Waals surface area (Å²) in [5, 5.41) is 88.2. The van der Waals surface area contributed by atoms with Gasteiger partial charge in [0.25, 0.3) is 0 Å². The van der Waals surface area contributed by atoms with E-state index in [2.05, 4.69) is 0 Å². The molecular weight excluding hydrogens is 416 g/mol. The van der Waals surface area contributed by atoms with E-state index in [-0.39, 0.29) is 13.2 Å². The van der Waals surface area contributed by atoms with Gasteiger partial charge in [0.15, 0.2) is 18.9 Å². The van der Waals surface area contributed by atoms with Crippen LogP contribution in [0.15, 0.2) is 0 Å². The van der Waals surface area contributed by atoms with Crippen LogP contribution in [0.5, 0.6) is 0 Å². The maximum atomic E-state index is 10.3. The van der Waals surface area contributed by atoms with Crippen LogP contribution in [0.3, 0.4) is 0 Å². The zero-order chi connectivity index (χ0) is 22.2. The second-order valence-corrected chi connectivity index (χ2v) is 7.48. The Balaban J connectivity index is 1.64. The van der Waals surface area contributed by atoms with Crippen LogP contribution in [0.1, 0.15) is 0 Å². The molecule has 9 N–H and O–H groups in total. The van der Waals surface area contributed by atoms with Gasteiger partial charge in [-0.3, -0.25) is 0 Å². The highest BCUT2D eigenvalue weighted by Gasteiger charge is 2.48. The molecule has 3 aliphatic rings. The first kappa shape index (κ1) is 24.1. The molecule has 176 valence electrons. The lowest BCUT2D eigenvalue weighted by atomic mass is 9.99. The maximum Gasteiger partial charge on any atom is 0.186 e. The normalized spacial score (nSPS) is 52.9. The van der Waals surface area contributed by atoms with E-state index < -0.39 is 86.5 Å². The molecule has 3 unspecified atom stereocenters. The summed E-state index contributed by atoms with van der Waals surface area (Å²) in [5.41, 5.74) is 0. The van der Waals surface area contributed by atoms with Gasteiger partial charge in [-0.1, -0.05) is 0 Å². The van der Waals surface area contributed by atoms with Crippen molar-refractivity contribution in [3.8, 4) is 0 Å². The van der Waals surface area contributed by atoms with Gasteiger partial charge in [-0.05, 0) is 0 Å². The zero-order valence-corrected chi connectivity index (χ0v) is 15.7. The van der Waals surface area contributed by atoms with Crippen LogP contribution in [-0.2, 0) is 23.7 Å². The van der Waals surface area contributed by atoms with Gasteiger partial charge in [0.05, 0.1) is 19.8 Å². The molecule has 13 atom stereocenters. The Kier molecular flexibility index (Phi) is 7.97. The molecule has 0 aromatic carbocycles. The van der Waals surface area contributed by atoms with E-state index >= 15 is 0 Å². The molecule has 0 saturated carbocycles. The minimum absolute atomic E-state index is 0.348. The lowest BCUT2D eigenvalue weighted by molar-refractivity contribution is -0.351. The Morgan fingerprint density at radius 3 is 1.90 bits per heavy atom. The van der Waals surface area contributed by atoms with Crippen LogP contribution >= 0.6 is 0 Å². The standard InChI is InChI=1S/C16H28O14/c17-4-1-26-15(12(24)7(4)19)30-13-8(20)5(18)2-27-16(13)28-3-6-9(21)10(22)11(23)14(25)29-6/h4-25H,1-3H2/t4-,5+,6-,7+,8+,9-,10+,11-,12-,13-,14?,15?,16?/m1/s1. The smallest absolute Gasteiger partial charge is 0.186 e. The molecule has 0 aliphatic carbocycles. The maximum absolute atomic E-state index is 10.3. The largest absolute Gasteiger partial charge is 0.388 e. The van der Waals surface area contributed by atoms with E-state index in [0.29, 0.717) is 0 Å². The molecule has 3 aliphatic heterocycles. The number of aliphatic hydroxyl groups excluding tert-OH is 9. The third-order valence-electron chi connectivity index (χ3n) is 5.29. The molecule has 3 fully saturated rings. The van der Waals surface area contributed by atoms with Crippen molar-refractivity contribution in [2.75, 3.05) is 19.8 Å². The van der Waals surface area contributed by atoms with Crippen LogP contribution in [-0.4, -0.2) is 146 Å². The summed E-state index contributed by atoms with van der Waals surface area (Å²) in [4.78, 5) is 0. The van der Waals surface area contributed by atoms with Gasteiger partial charge in [0, 0.05) is 0 Å². The molecule has 0 aromatic rings. The van der Waals surface area contributed by atoms with Crippen molar-refractivity contribution in [1.82, 2.24) is 0 Å². The molecule has 3 rings (SSSR count). The number of ether oxygens (including phenoxy) is 5. The molecule has 0 aromatic heterocycles. The van der Waals surface area contributed by atoms with Crippen LogP contribution in [0.2, 0.25) is 0 Å². The van der Waals surface area contributed by atoms with Crippen molar-refractivity contribution >= 4 is 0 Å². The van der Waals surface area contributed by atoms with Gasteiger partial charge in [0.2, 0.25) is 0 Å². The zero-order valence-electron chi connectivity index (χ0n) is 15.7. The molecule has 14 heteroatoms. The Morgan fingerprint density at radius 2 is 1.23 bits per heavy atom. The molecule has 14 nitrogen and oxygen atoms in total. The Labute approximate surface area is 170 Å². The highest BCUT2D eigenvalue weighted by atomic mass is 16.8. The van der Waals surface area contributed by atoms with E-state index in [0.717, 1.165) is 0 Å². The summed E-state index contributed by atoms with van der Waals surface area (Å²) in [6.45, 7) is -1.19. The molecule has 0 amide bonds. The third kappa shape index (κ3) is 4.92. The fourth-order valence-electron chi connectivity index (χ4n) is 3.37. The van der Waals surface area contributed by atoms with Crippen molar-refractivity contribution in [1.29, 1.82) is 0 Å². The molecule has 0 spiro atoms. The number of aliphatic hydroxyl groups is 9. The monoisotopic (exact) mass is 444 g/mol. The van der Waals surface area contributed by atoms with Gasteiger partial charge in [-0.2, -0.15) is 0 Å². The number of hydrogen-bond donors (Lipinski definition) is 9. The lowest BCUT2D eigenvalue weighted by Crippen LogP contribution is -2.61. The molecular formula is C16H28O14. The van der Waals surface area contributed by atoms with Crippen LogP contribution < -0.4 is 0 Å². The molecule has 0 bridgehead atoms. The van der Waals surface area contributed by atoms with Gasteiger partial charge in [0.1, 0.15) is 61.0 Å². The van der Waals surface area contributed by atoms with Crippen molar-refractivity contribution in [3.05, 3.63) is 0 Å². The summed E-state index contributed by atoms with van der Waals surface area (Å²) < 4.78 is 26.2. The Bertz CT molecular complexity index is 552. The number of rotatable bonds is 5. The minimum atomic E-state index is -1.78. The minimum Gasteiger partial charge on any atom is -0.388 e. The molecule has 30 heavy (non-hydrogen) atoms. The quantitative estimate of drug-likeness (QED) is 0.192. The summed E-state index contributed by atoms with van der Waals surface area (Å²) in [6, 6.07) is 0. The van der Waals surface area contributed by atoms with Gasteiger partial charge in [-0.25, -0.2) is 0 Å². The highest BCUT2D eigenvalue weighted by Crippen LogP contribution is 2.27. The van der Waals surface area contributed by atoms with Gasteiger partial charge >= 0.3 is 0 Å². The van der Waals surface area contributed by atoms with Crippen LogP contribution in [0.25, 0.3) is 0 Å². The fourth-order valence-corrected chi connectivity index (χ4v) is 3.37. The SMILES string of the molecule is OC1O[C@H](COC2OC[C@H](O)[C@H](O)[C@H]2OC2OC[C@@H](O)[C@H](O)[C@H]2O)[C@@H](O)[C@H](O)[C@H]1O. The van der Waals surface area contributed by atoms with E-state index in [4.69, 9.17) is 23.7 Å². The Morgan fingerprint density at radius 1 is 0.633 bits per heavy atom. The summed E-state index contributed by atoms with van der Waals surface area (Å²) in [5.74, 6) is 0. The third-order valence-corrected chi connectivity index (χ3v) is 5.29. The first-order valence-electron chi connectivity index (χ1n) is 9.40. The second kappa shape index (κ2) is 9.93. The summed E-state index contributed by atoms with van der Waals surface area (Å²) in [6.07, 6.45) is -19.9. The second-order valence-electron chi connectivity index (χ2n) is 7.48. The van der Waals surface area contributed by atoms with Crippen LogP contribution in [0, 0.1) is 0 Å². The first-order valence-corrected chi connectivity index (χ1v) is 9.40. The van der Waals surface area contributed by atoms with E-state index in [9.17, 15) is 46.0 Å². The summed E-state index contributed by atoms with van der Waals surface area (Å²) in [7, 11) is 0. The average Bonchev–Trinajstić information content (AvgIpc) is 2.72. The van der Waals surface area contributed by atoms with Crippen molar-refractivity contribution in [2.24, 2.45) is 0 Å². The Hall–Kier alpha value is -0.560. The van der Waals surface area contributed by atoms with Crippen molar-refractivity contribution < 1.29 is 69.6 Å². The molecule has 3 saturated heterocycles. The fraction of sp³-hybridized carbons (Fsp3) is 1.00. The molecule has 0 radical (unpaired) electrons. The predicted molar refractivity (Wildman–Crippen MR) is 89.2 cm³/mol. The van der Waals surface area contributed by atoms with Crippen LogP contribution in [0.4, 0.5) is 0 Å². The predicted octanol–water partition coefficient (Wildman–Crippen LogP) is -6.29. The van der Waals surface area contributed by atoms with Crippen molar-refractivity contribution in [3.63, 3.8) is 0 Å². The highest BCUT2D eigenvalue weighted by molar-refractivity contribution is 4.91.